The zero-order valence-electron chi connectivity index (χ0n) is 26.4. The van der Waals surface area contributed by atoms with Crippen molar-refractivity contribution in [3.8, 4) is 11.8 Å². The van der Waals surface area contributed by atoms with Gasteiger partial charge in [-0.3, -0.25) is 9.78 Å². The molecule has 1 aliphatic rings. The van der Waals surface area contributed by atoms with E-state index in [1.807, 2.05) is 53.4 Å². The van der Waals surface area contributed by atoms with Crippen LogP contribution in [0.15, 0.2) is 73.1 Å². The number of carbonyl (C=O) groups excluding carboxylic acids is 3. The summed E-state index contributed by atoms with van der Waals surface area (Å²) in [5, 5.41) is 0. The average Bonchev–Trinajstić information content (AvgIpc) is 2.97. The van der Waals surface area contributed by atoms with E-state index in [1.165, 1.54) is 0 Å². The van der Waals surface area contributed by atoms with E-state index in [9.17, 15) is 14.4 Å². The van der Waals surface area contributed by atoms with Crippen LogP contribution in [0.2, 0.25) is 0 Å². The van der Waals surface area contributed by atoms with E-state index in [0.29, 0.717) is 24.2 Å². The number of benzene rings is 2. The number of hydrogen-bond donors (Lipinski definition) is 0. The molecular weight excluding hydrogens is 554 g/mol. The number of amides is 3. The number of hydrogen-bond acceptors (Lipinski definition) is 6. The number of likely N-dealkylation sites (tertiary alicyclic amines) is 1. The Morgan fingerprint density at radius 3 is 2.05 bits per heavy atom. The van der Waals surface area contributed by atoms with E-state index in [0.717, 1.165) is 34.4 Å². The van der Waals surface area contributed by atoms with Gasteiger partial charge in [-0.25, -0.2) is 14.5 Å². The minimum atomic E-state index is -0.766. The maximum atomic E-state index is 13.3. The van der Waals surface area contributed by atoms with E-state index >= 15 is 0 Å². The summed E-state index contributed by atoms with van der Waals surface area (Å²) in [6.45, 7) is 11.8. The minimum Gasteiger partial charge on any atom is -0.443 e. The van der Waals surface area contributed by atoms with Crippen molar-refractivity contribution in [1.82, 2.24) is 14.8 Å². The minimum absolute atomic E-state index is 0.0193. The Morgan fingerprint density at radius 2 is 1.43 bits per heavy atom. The summed E-state index contributed by atoms with van der Waals surface area (Å²) in [4.78, 5) is 46.4. The molecule has 230 valence electrons. The van der Waals surface area contributed by atoms with Gasteiger partial charge in [-0.15, -0.1) is 0 Å². The largest absolute Gasteiger partial charge is 0.443 e. The molecule has 3 amide bonds. The Morgan fingerprint density at radius 1 is 0.818 bits per heavy atom. The first-order chi connectivity index (χ1) is 20.8. The molecular formula is C36H41N3O5. The number of carbonyl (C=O) groups is 3. The lowest BCUT2D eigenvalue weighted by molar-refractivity contribution is -0.000275. The number of rotatable bonds is 4. The maximum absolute atomic E-state index is 13.3. The van der Waals surface area contributed by atoms with Crippen LogP contribution >= 0.6 is 0 Å². The highest BCUT2D eigenvalue weighted by Crippen LogP contribution is 2.30. The fraction of sp³-hybridized carbons (Fsp3) is 0.389. The highest BCUT2D eigenvalue weighted by Gasteiger charge is 2.32. The number of aromatic nitrogens is 1. The van der Waals surface area contributed by atoms with E-state index in [-0.39, 0.29) is 18.4 Å². The van der Waals surface area contributed by atoms with Crippen molar-refractivity contribution in [3.05, 3.63) is 101 Å². The summed E-state index contributed by atoms with van der Waals surface area (Å²) >= 11 is 0. The molecule has 1 saturated heterocycles. The molecule has 1 aromatic heterocycles. The van der Waals surface area contributed by atoms with Crippen molar-refractivity contribution in [3.63, 3.8) is 0 Å². The van der Waals surface area contributed by atoms with Crippen LogP contribution in [-0.2, 0) is 16.0 Å². The van der Waals surface area contributed by atoms with Crippen molar-refractivity contribution >= 4 is 18.1 Å². The molecule has 0 aliphatic carbocycles. The summed E-state index contributed by atoms with van der Waals surface area (Å²) < 4.78 is 11.0. The lowest BCUT2D eigenvalue weighted by Crippen LogP contribution is -2.43. The fourth-order valence-electron chi connectivity index (χ4n) is 4.86. The van der Waals surface area contributed by atoms with Gasteiger partial charge < -0.3 is 14.4 Å². The highest BCUT2D eigenvalue weighted by atomic mass is 16.6. The lowest BCUT2D eigenvalue weighted by Gasteiger charge is -2.32. The van der Waals surface area contributed by atoms with Crippen molar-refractivity contribution in [2.75, 3.05) is 13.1 Å². The maximum Gasteiger partial charge on any atom is 0.420 e. The summed E-state index contributed by atoms with van der Waals surface area (Å²) in [5.74, 6) is 6.38. The molecule has 1 aliphatic heterocycles. The summed E-state index contributed by atoms with van der Waals surface area (Å²) in [6.07, 6.45) is 3.32. The molecule has 4 rings (SSSR count). The molecule has 44 heavy (non-hydrogen) atoms. The van der Waals surface area contributed by atoms with Crippen LogP contribution in [0.1, 0.15) is 92.9 Å². The number of imide groups is 1. The van der Waals surface area contributed by atoms with Crippen LogP contribution in [0, 0.1) is 11.8 Å². The smallest absolute Gasteiger partial charge is 0.420 e. The first-order valence-corrected chi connectivity index (χ1v) is 14.9. The molecule has 3 aromatic rings. The summed E-state index contributed by atoms with van der Waals surface area (Å²) in [7, 11) is 0. The van der Waals surface area contributed by atoms with Crippen molar-refractivity contribution in [1.29, 1.82) is 0 Å². The molecule has 0 spiro atoms. The number of nitrogens with zero attached hydrogens (tertiary/aromatic N) is 3. The SMILES string of the molecule is CC(C)(C)OC(=O)N(Cc1cccc(C2CCN(C(=O)c3cncc(C#Cc4ccccc4)c3)CC2)c1)C(=O)OC(C)(C)C. The zero-order chi connectivity index (χ0) is 31.9. The van der Waals surface area contributed by atoms with Gasteiger partial charge in [0.25, 0.3) is 5.91 Å². The van der Waals surface area contributed by atoms with Gasteiger partial charge in [-0.05, 0) is 89.6 Å². The van der Waals surface area contributed by atoms with Crippen LogP contribution in [0.5, 0.6) is 0 Å². The van der Waals surface area contributed by atoms with Gasteiger partial charge in [-0.2, -0.15) is 0 Å². The zero-order valence-corrected chi connectivity index (χ0v) is 26.4. The van der Waals surface area contributed by atoms with Gasteiger partial charge >= 0.3 is 12.2 Å². The summed E-state index contributed by atoms with van der Waals surface area (Å²) in [6, 6.07) is 19.4. The predicted molar refractivity (Wildman–Crippen MR) is 169 cm³/mol. The van der Waals surface area contributed by atoms with Crippen molar-refractivity contribution in [2.45, 2.75) is 78.0 Å². The summed E-state index contributed by atoms with van der Waals surface area (Å²) in [5.41, 5.74) is 2.47. The highest BCUT2D eigenvalue weighted by molar-refractivity contribution is 5.94. The number of ether oxygens (including phenoxy) is 2. The molecule has 0 saturated carbocycles. The van der Waals surface area contributed by atoms with Crippen LogP contribution in [0.4, 0.5) is 9.59 Å². The predicted octanol–water partition coefficient (Wildman–Crippen LogP) is 7.17. The third-order valence-corrected chi connectivity index (χ3v) is 6.88. The molecule has 8 heteroatoms. The Balaban J connectivity index is 1.41. The quantitative estimate of drug-likeness (QED) is 0.297. The Labute approximate surface area is 260 Å². The second kappa shape index (κ2) is 13.8. The molecule has 2 aromatic carbocycles. The van der Waals surface area contributed by atoms with Crippen LogP contribution in [0.3, 0.4) is 0 Å². The van der Waals surface area contributed by atoms with Gasteiger partial charge in [0, 0.05) is 36.6 Å². The molecule has 8 nitrogen and oxygen atoms in total. The monoisotopic (exact) mass is 595 g/mol. The number of pyridine rings is 1. The molecule has 2 heterocycles. The Bertz CT molecular complexity index is 1510. The van der Waals surface area contributed by atoms with E-state index in [1.54, 1.807) is 60.0 Å². The normalized spacial score (nSPS) is 13.8. The van der Waals surface area contributed by atoms with Crippen molar-refractivity contribution in [2.24, 2.45) is 0 Å². The third-order valence-electron chi connectivity index (χ3n) is 6.88. The van der Waals surface area contributed by atoms with E-state index in [2.05, 4.69) is 22.9 Å². The van der Waals surface area contributed by atoms with Gasteiger partial charge in [-0.1, -0.05) is 54.3 Å². The first-order valence-electron chi connectivity index (χ1n) is 14.9. The molecule has 0 unspecified atom stereocenters. The molecule has 0 radical (unpaired) electrons. The standard InChI is InChI=1S/C36H41N3O5/c1-35(2,3)43-33(41)39(34(42)44-36(4,5)6)25-28-13-10-14-30(22-28)29-17-19-38(20-18-29)32(40)31-21-27(23-37-24-31)16-15-26-11-8-7-9-12-26/h7-14,21-24,29H,17-20,25H2,1-6H3. The van der Waals surface area contributed by atoms with Gasteiger partial charge in [0.15, 0.2) is 0 Å². The first kappa shape index (κ1) is 32.3. The van der Waals surface area contributed by atoms with Gasteiger partial charge in [0.2, 0.25) is 0 Å². The van der Waals surface area contributed by atoms with Crippen LogP contribution in [-0.4, -0.2) is 57.2 Å². The number of piperidine rings is 1. The molecule has 0 bridgehead atoms. The third kappa shape index (κ3) is 9.43. The van der Waals surface area contributed by atoms with Crippen LogP contribution in [0.25, 0.3) is 0 Å². The average molecular weight is 596 g/mol. The van der Waals surface area contributed by atoms with Crippen LogP contribution < -0.4 is 0 Å². The van der Waals surface area contributed by atoms with Gasteiger partial charge in [0.1, 0.15) is 11.2 Å². The van der Waals surface area contributed by atoms with Crippen molar-refractivity contribution < 1.29 is 23.9 Å². The topological polar surface area (TPSA) is 89.0 Å². The fourth-order valence-corrected chi connectivity index (χ4v) is 4.86. The lowest BCUT2D eigenvalue weighted by atomic mass is 9.88. The van der Waals surface area contributed by atoms with E-state index in [4.69, 9.17) is 9.47 Å². The second-order valence-corrected chi connectivity index (χ2v) is 12.9. The molecule has 0 N–H and O–H groups in total. The molecule has 1 fully saturated rings. The Hall–Kier alpha value is -4.64. The Kier molecular flexibility index (Phi) is 10.1. The van der Waals surface area contributed by atoms with E-state index < -0.39 is 23.4 Å². The molecule has 0 atom stereocenters. The second-order valence-electron chi connectivity index (χ2n) is 12.9. The van der Waals surface area contributed by atoms with Gasteiger partial charge in [0.05, 0.1) is 12.1 Å².